The van der Waals surface area contributed by atoms with E-state index in [0.29, 0.717) is 11.4 Å². The summed E-state index contributed by atoms with van der Waals surface area (Å²) in [5, 5.41) is 5.10. The molecule has 0 fully saturated rings. The zero-order valence-corrected chi connectivity index (χ0v) is 21.2. The average Bonchev–Trinajstić information content (AvgIpc) is 3.24. The van der Waals surface area contributed by atoms with E-state index in [-0.39, 0.29) is 24.0 Å². The number of benzene rings is 4. The van der Waals surface area contributed by atoms with E-state index in [1.807, 2.05) is 60.7 Å². The first-order valence-electron chi connectivity index (χ1n) is 12.0. The molecule has 0 aliphatic heterocycles. The van der Waals surface area contributed by atoms with Gasteiger partial charge >= 0.3 is 0 Å². The number of hydrogen-bond donors (Lipinski definition) is 2. The fourth-order valence-corrected chi connectivity index (χ4v) is 5.41. The second kappa shape index (κ2) is 10.5. The van der Waals surface area contributed by atoms with Gasteiger partial charge < -0.3 is 14.6 Å². The third-order valence-corrected chi connectivity index (χ3v) is 7.60. The lowest BCUT2D eigenvalue weighted by atomic mass is 10.1. The Hall–Kier alpha value is -4.14. The van der Waals surface area contributed by atoms with Crippen LogP contribution in [0.5, 0.6) is 5.75 Å². The van der Waals surface area contributed by atoms with Gasteiger partial charge in [-0.25, -0.2) is 13.1 Å². The van der Waals surface area contributed by atoms with E-state index in [9.17, 15) is 13.2 Å². The Balaban J connectivity index is 1.20. The summed E-state index contributed by atoms with van der Waals surface area (Å²) < 4.78 is 35.5. The van der Waals surface area contributed by atoms with Gasteiger partial charge in [0.05, 0.1) is 4.90 Å². The third kappa shape index (κ3) is 5.35. The lowest BCUT2D eigenvalue weighted by molar-refractivity contribution is -0.118. The van der Waals surface area contributed by atoms with Gasteiger partial charge in [0.1, 0.15) is 5.75 Å². The summed E-state index contributed by atoms with van der Waals surface area (Å²) in [6.45, 7) is 2.97. The van der Waals surface area contributed by atoms with Crippen LogP contribution in [0.2, 0.25) is 0 Å². The zero-order valence-electron chi connectivity index (χ0n) is 20.3. The van der Waals surface area contributed by atoms with Crippen molar-refractivity contribution in [1.29, 1.82) is 0 Å². The Kier molecular flexibility index (Phi) is 6.94. The summed E-state index contributed by atoms with van der Waals surface area (Å²) in [4.78, 5) is 12.7. The summed E-state index contributed by atoms with van der Waals surface area (Å²) in [5.41, 5.74) is 3.83. The predicted molar refractivity (Wildman–Crippen MR) is 146 cm³/mol. The topological polar surface area (TPSA) is 89.4 Å². The van der Waals surface area contributed by atoms with Crippen LogP contribution in [0.1, 0.15) is 12.5 Å². The molecule has 0 radical (unpaired) electrons. The molecular formula is C29H27N3O4S. The lowest BCUT2D eigenvalue weighted by Crippen LogP contribution is -2.23. The molecule has 2 N–H and O–H groups in total. The van der Waals surface area contributed by atoms with E-state index in [4.69, 9.17) is 4.74 Å². The van der Waals surface area contributed by atoms with Crippen molar-refractivity contribution in [2.24, 2.45) is 0 Å². The van der Waals surface area contributed by atoms with Crippen molar-refractivity contribution in [3.63, 3.8) is 0 Å². The molecular weight excluding hydrogens is 486 g/mol. The molecule has 5 rings (SSSR count). The summed E-state index contributed by atoms with van der Waals surface area (Å²) in [7, 11) is -3.67. The first-order valence-corrected chi connectivity index (χ1v) is 13.5. The second-order valence-corrected chi connectivity index (χ2v) is 10.4. The Morgan fingerprint density at radius 2 is 1.54 bits per heavy atom. The van der Waals surface area contributed by atoms with E-state index >= 15 is 0 Å². The van der Waals surface area contributed by atoms with Gasteiger partial charge in [-0.15, -0.1) is 0 Å². The van der Waals surface area contributed by atoms with Crippen LogP contribution in [-0.4, -0.2) is 25.5 Å². The van der Waals surface area contributed by atoms with Gasteiger partial charge in [-0.05, 0) is 61.0 Å². The Labute approximate surface area is 215 Å². The maximum Gasteiger partial charge on any atom is 0.262 e. The highest BCUT2D eigenvalue weighted by Gasteiger charge is 2.14. The molecule has 0 saturated heterocycles. The number of carbonyl (C=O) groups excluding carboxylic acids is 1. The molecule has 7 nitrogen and oxygen atoms in total. The van der Waals surface area contributed by atoms with Gasteiger partial charge in [-0.3, -0.25) is 4.79 Å². The predicted octanol–water partition coefficient (Wildman–Crippen LogP) is 5.31. The first-order chi connectivity index (χ1) is 17.9. The molecule has 0 saturated carbocycles. The standard InChI is InChI=1S/C29H27N3O4S/c1-2-32-27-11-7-6-10-25(27)26-18-22(12-17-28(26)32)31-29(33)20-36-23-13-15-24(16-14-23)37(34,35)30-19-21-8-4-3-5-9-21/h3-18,30H,2,19-20H2,1H3,(H,31,33). The Morgan fingerprint density at radius 3 is 2.30 bits per heavy atom. The van der Waals surface area contributed by atoms with Gasteiger partial charge in [0.2, 0.25) is 10.0 Å². The summed E-state index contributed by atoms with van der Waals surface area (Å²) in [5.74, 6) is 0.0958. The summed E-state index contributed by atoms with van der Waals surface area (Å²) in [6.07, 6.45) is 0. The van der Waals surface area contributed by atoms with Crippen LogP contribution in [0.3, 0.4) is 0 Å². The number of ether oxygens (including phenoxy) is 1. The van der Waals surface area contributed by atoms with Crippen molar-refractivity contribution in [2.45, 2.75) is 24.9 Å². The molecule has 188 valence electrons. The van der Waals surface area contributed by atoms with E-state index in [1.54, 1.807) is 0 Å². The maximum atomic E-state index is 12.6. The first kappa shape index (κ1) is 24.5. The smallest absolute Gasteiger partial charge is 0.262 e. The normalized spacial score (nSPS) is 11.6. The highest BCUT2D eigenvalue weighted by molar-refractivity contribution is 7.89. The number of hydrogen-bond acceptors (Lipinski definition) is 4. The highest BCUT2D eigenvalue weighted by atomic mass is 32.2. The fourth-order valence-electron chi connectivity index (χ4n) is 4.39. The van der Waals surface area contributed by atoms with Crippen LogP contribution >= 0.6 is 0 Å². The van der Waals surface area contributed by atoms with Gasteiger partial charge in [-0.2, -0.15) is 0 Å². The number of aromatic nitrogens is 1. The second-order valence-electron chi connectivity index (χ2n) is 8.61. The minimum absolute atomic E-state index is 0.125. The molecule has 0 bridgehead atoms. The van der Waals surface area contributed by atoms with Gasteiger partial charge in [0, 0.05) is 40.6 Å². The quantitative estimate of drug-likeness (QED) is 0.280. The maximum absolute atomic E-state index is 12.6. The number of aryl methyl sites for hydroxylation is 1. The van der Waals surface area contributed by atoms with Crippen molar-refractivity contribution < 1.29 is 17.9 Å². The van der Waals surface area contributed by atoms with Crippen molar-refractivity contribution >= 4 is 43.4 Å². The average molecular weight is 514 g/mol. The van der Waals surface area contributed by atoms with Crippen molar-refractivity contribution in [3.05, 3.63) is 103 Å². The van der Waals surface area contributed by atoms with Crippen LogP contribution in [0.4, 0.5) is 5.69 Å². The highest BCUT2D eigenvalue weighted by Crippen LogP contribution is 2.31. The van der Waals surface area contributed by atoms with E-state index in [2.05, 4.69) is 33.7 Å². The van der Waals surface area contributed by atoms with Crippen LogP contribution in [0.15, 0.2) is 102 Å². The molecule has 0 aliphatic carbocycles. The van der Waals surface area contributed by atoms with Gasteiger partial charge in [0.15, 0.2) is 6.61 Å². The third-order valence-electron chi connectivity index (χ3n) is 6.19. The van der Waals surface area contributed by atoms with E-state index in [0.717, 1.165) is 33.9 Å². The molecule has 0 aliphatic rings. The van der Waals surface area contributed by atoms with Crippen molar-refractivity contribution in [1.82, 2.24) is 9.29 Å². The number of amides is 1. The minimum atomic E-state index is -3.67. The number of nitrogens with zero attached hydrogens (tertiary/aromatic N) is 1. The number of sulfonamides is 1. The van der Waals surface area contributed by atoms with Crippen LogP contribution in [-0.2, 0) is 27.9 Å². The molecule has 0 unspecified atom stereocenters. The minimum Gasteiger partial charge on any atom is -0.484 e. The molecule has 1 heterocycles. The molecule has 37 heavy (non-hydrogen) atoms. The largest absolute Gasteiger partial charge is 0.484 e. The van der Waals surface area contributed by atoms with E-state index in [1.165, 1.54) is 24.3 Å². The van der Waals surface area contributed by atoms with Crippen molar-refractivity contribution in [3.8, 4) is 5.75 Å². The summed E-state index contributed by atoms with van der Waals surface area (Å²) in [6, 6.07) is 29.4. The molecule has 1 amide bonds. The molecule has 0 atom stereocenters. The Morgan fingerprint density at radius 1 is 0.838 bits per heavy atom. The Bertz CT molecular complexity index is 1660. The number of nitrogens with one attached hydrogen (secondary N) is 2. The van der Waals surface area contributed by atoms with Crippen LogP contribution in [0.25, 0.3) is 21.8 Å². The molecule has 8 heteroatoms. The molecule has 4 aromatic carbocycles. The molecule has 5 aromatic rings. The van der Waals surface area contributed by atoms with Gasteiger partial charge in [-0.1, -0.05) is 48.5 Å². The van der Waals surface area contributed by atoms with Crippen LogP contribution in [0, 0.1) is 0 Å². The SMILES string of the molecule is CCn1c2ccccc2c2cc(NC(=O)COc3ccc(S(=O)(=O)NCc4ccccc4)cc3)ccc21. The van der Waals surface area contributed by atoms with Gasteiger partial charge in [0.25, 0.3) is 5.91 Å². The number of fused-ring (bicyclic) bond motifs is 3. The number of para-hydroxylation sites is 1. The lowest BCUT2D eigenvalue weighted by Gasteiger charge is -2.10. The molecule has 1 aromatic heterocycles. The summed E-state index contributed by atoms with van der Waals surface area (Å²) >= 11 is 0. The monoisotopic (exact) mass is 513 g/mol. The fraction of sp³-hybridized carbons (Fsp3) is 0.138. The number of rotatable bonds is 9. The molecule has 0 spiro atoms. The number of anilines is 1. The van der Waals surface area contributed by atoms with E-state index < -0.39 is 10.0 Å². The number of carbonyl (C=O) groups is 1. The van der Waals surface area contributed by atoms with Crippen molar-refractivity contribution in [2.75, 3.05) is 11.9 Å². The van der Waals surface area contributed by atoms with Crippen LogP contribution < -0.4 is 14.8 Å². The zero-order chi connectivity index (χ0) is 25.8.